The molecule has 160 valence electrons. The van der Waals surface area contributed by atoms with Crippen molar-refractivity contribution in [3.63, 3.8) is 0 Å². The molecule has 0 saturated carbocycles. The minimum absolute atomic E-state index is 0.116. The Balaban J connectivity index is 1.69. The third kappa shape index (κ3) is 4.49. The molecule has 3 aromatic carbocycles. The summed E-state index contributed by atoms with van der Waals surface area (Å²) in [5.41, 5.74) is 3.67. The summed E-state index contributed by atoms with van der Waals surface area (Å²) in [5.74, 6) is -1.08. The molecule has 0 aliphatic rings. The van der Waals surface area contributed by atoms with Gasteiger partial charge in [0.2, 0.25) is 5.91 Å². The summed E-state index contributed by atoms with van der Waals surface area (Å²) in [6.45, 7) is 1.63. The van der Waals surface area contributed by atoms with Gasteiger partial charge in [0.25, 0.3) is 5.56 Å². The lowest BCUT2D eigenvalue weighted by atomic mass is 10.1. The van der Waals surface area contributed by atoms with Crippen molar-refractivity contribution in [1.29, 1.82) is 0 Å². The monoisotopic (exact) mass is 427 g/mol. The zero-order valence-corrected chi connectivity index (χ0v) is 17.3. The minimum atomic E-state index is -0.829. The Morgan fingerprint density at radius 3 is 2.03 bits per heavy atom. The number of anilines is 2. The summed E-state index contributed by atoms with van der Waals surface area (Å²) >= 11 is 0. The van der Waals surface area contributed by atoms with Gasteiger partial charge in [-0.15, -0.1) is 0 Å². The average Bonchev–Trinajstić information content (AvgIpc) is 2.81. The molecule has 0 spiro atoms. The number of hydrogen-bond donors (Lipinski definition) is 3. The van der Waals surface area contributed by atoms with E-state index in [1.54, 1.807) is 79.7 Å². The van der Waals surface area contributed by atoms with Crippen LogP contribution in [-0.2, 0) is 4.79 Å². The van der Waals surface area contributed by atoms with Crippen molar-refractivity contribution in [2.24, 2.45) is 0 Å². The molecule has 1 heterocycles. The van der Waals surface area contributed by atoms with Crippen molar-refractivity contribution in [3.05, 3.63) is 101 Å². The summed E-state index contributed by atoms with van der Waals surface area (Å²) < 4.78 is 1.02. The first-order valence-electron chi connectivity index (χ1n) is 10.0. The van der Waals surface area contributed by atoms with E-state index in [0.29, 0.717) is 22.3 Å². The number of nitrogens with one attached hydrogen (secondary N) is 3. The quantitative estimate of drug-likeness (QED) is 0.449. The summed E-state index contributed by atoms with van der Waals surface area (Å²) in [6, 6.07) is 24.0. The van der Waals surface area contributed by atoms with E-state index in [0.717, 1.165) is 4.68 Å². The number of carbonyl (C=O) groups excluding carboxylic acids is 2. The van der Waals surface area contributed by atoms with Crippen LogP contribution in [-0.4, -0.2) is 21.6 Å². The maximum Gasteiger partial charge on any atom is 0.338 e. The van der Waals surface area contributed by atoms with Gasteiger partial charge in [0, 0.05) is 11.4 Å². The number of fused-ring (bicyclic) bond motifs is 1. The number of rotatable bonds is 5. The average molecular weight is 427 g/mol. The molecule has 3 amide bonds. The van der Waals surface area contributed by atoms with Gasteiger partial charge in [-0.1, -0.05) is 48.5 Å². The lowest BCUT2D eigenvalue weighted by Gasteiger charge is -2.19. The standard InChI is InChI=1S/C24H21N5O3/c1-16(22(30)25-17-10-4-2-5-11-17)21-27-20-15-9-8-14-19(20)23(31)29(21)28-24(32)26-18-12-6-3-7-13-18/h2-16H,1H3,(H,25,30)(H2,26,28,32). The van der Waals surface area contributed by atoms with Crippen molar-refractivity contribution < 1.29 is 9.59 Å². The van der Waals surface area contributed by atoms with Gasteiger partial charge >= 0.3 is 6.03 Å². The summed E-state index contributed by atoms with van der Waals surface area (Å²) in [6.07, 6.45) is 0. The van der Waals surface area contributed by atoms with Crippen molar-refractivity contribution in [2.75, 3.05) is 16.1 Å². The van der Waals surface area contributed by atoms with Crippen LogP contribution in [0.15, 0.2) is 89.7 Å². The SMILES string of the molecule is CC(C(=O)Nc1ccccc1)c1nc2ccccc2c(=O)n1NC(=O)Nc1ccccc1. The Hall–Kier alpha value is -4.46. The fourth-order valence-electron chi connectivity index (χ4n) is 3.22. The van der Waals surface area contributed by atoms with Crippen LogP contribution >= 0.6 is 0 Å². The molecule has 1 unspecified atom stereocenters. The second-order valence-electron chi connectivity index (χ2n) is 7.14. The number of nitrogens with zero attached hydrogens (tertiary/aromatic N) is 2. The van der Waals surface area contributed by atoms with Crippen LogP contribution < -0.4 is 21.6 Å². The van der Waals surface area contributed by atoms with Crippen LogP contribution in [0.3, 0.4) is 0 Å². The topological polar surface area (TPSA) is 105 Å². The fourth-order valence-corrected chi connectivity index (χ4v) is 3.22. The molecule has 0 fully saturated rings. The molecule has 0 saturated heterocycles. The number of carbonyl (C=O) groups is 2. The third-order valence-corrected chi connectivity index (χ3v) is 4.87. The van der Waals surface area contributed by atoms with Gasteiger partial charge < -0.3 is 10.6 Å². The molecule has 3 N–H and O–H groups in total. The van der Waals surface area contributed by atoms with Gasteiger partial charge in [0.15, 0.2) is 0 Å². The Morgan fingerprint density at radius 2 is 1.38 bits per heavy atom. The van der Waals surface area contributed by atoms with E-state index in [1.807, 2.05) is 12.1 Å². The van der Waals surface area contributed by atoms with Crippen molar-refractivity contribution >= 4 is 34.2 Å². The van der Waals surface area contributed by atoms with Crippen LogP contribution in [0.4, 0.5) is 16.2 Å². The number of urea groups is 1. The highest BCUT2D eigenvalue weighted by molar-refractivity contribution is 5.97. The van der Waals surface area contributed by atoms with Crippen LogP contribution in [0.25, 0.3) is 10.9 Å². The zero-order valence-electron chi connectivity index (χ0n) is 17.3. The van der Waals surface area contributed by atoms with Gasteiger partial charge in [-0.2, -0.15) is 0 Å². The minimum Gasteiger partial charge on any atom is -0.325 e. The molecule has 1 aromatic heterocycles. The van der Waals surface area contributed by atoms with Gasteiger partial charge in [-0.25, -0.2) is 19.9 Å². The van der Waals surface area contributed by atoms with Gasteiger partial charge in [0.1, 0.15) is 5.82 Å². The van der Waals surface area contributed by atoms with Crippen molar-refractivity contribution in [1.82, 2.24) is 9.66 Å². The second kappa shape index (κ2) is 9.13. The Bertz CT molecular complexity index is 1320. The highest BCUT2D eigenvalue weighted by Gasteiger charge is 2.24. The molecule has 0 radical (unpaired) electrons. The van der Waals surface area contributed by atoms with Crippen molar-refractivity contribution in [3.8, 4) is 0 Å². The largest absolute Gasteiger partial charge is 0.338 e. The van der Waals surface area contributed by atoms with E-state index >= 15 is 0 Å². The maximum absolute atomic E-state index is 13.2. The summed E-state index contributed by atoms with van der Waals surface area (Å²) in [7, 11) is 0. The lowest BCUT2D eigenvalue weighted by molar-refractivity contribution is -0.117. The predicted molar refractivity (Wildman–Crippen MR) is 124 cm³/mol. The Morgan fingerprint density at radius 1 is 0.812 bits per heavy atom. The van der Waals surface area contributed by atoms with Crippen LogP contribution in [0.5, 0.6) is 0 Å². The highest BCUT2D eigenvalue weighted by Crippen LogP contribution is 2.18. The number of aromatic nitrogens is 2. The zero-order chi connectivity index (χ0) is 22.5. The fraction of sp³-hybridized carbons (Fsp3) is 0.0833. The molecule has 0 aliphatic heterocycles. The first-order valence-corrected chi connectivity index (χ1v) is 10.0. The van der Waals surface area contributed by atoms with E-state index in [-0.39, 0.29) is 11.7 Å². The maximum atomic E-state index is 13.2. The number of amides is 3. The van der Waals surface area contributed by atoms with Gasteiger partial charge in [-0.05, 0) is 43.3 Å². The summed E-state index contributed by atoms with van der Waals surface area (Å²) in [5, 5.41) is 5.79. The van der Waals surface area contributed by atoms with E-state index in [9.17, 15) is 14.4 Å². The molecule has 8 nitrogen and oxygen atoms in total. The molecule has 0 aliphatic carbocycles. The van der Waals surface area contributed by atoms with Crippen molar-refractivity contribution in [2.45, 2.75) is 12.8 Å². The normalized spacial score (nSPS) is 11.5. The molecule has 32 heavy (non-hydrogen) atoms. The third-order valence-electron chi connectivity index (χ3n) is 4.87. The molecule has 1 atom stereocenters. The van der Waals surface area contributed by atoms with E-state index in [2.05, 4.69) is 21.0 Å². The predicted octanol–water partition coefficient (Wildman–Crippen LogP) is 3.91. The molecule has 0 bridgehead atoms. The molecular weight excluding hydrogens is 406 g/mol. The van der Waals surface area contributed by atoms with Gasteiger partial charge in [0.05, 0.1) is 16.8 Å². The Kier molecular flexibility index (Phi) is 5.94. The summed E-state index contributed by atoms with van der Waals surface area (Å²) in [4.78, 5) is 43.2. The molecule has 8 heteroatoms. The smallest absolute Gasteiger partial charge is 0.325 e. The van der Waals surface area contributed by atoms with Crippen LogP contribution in [0, 0.1) is 0 Å². The Labute approximate surface area is 183 Å². The number of benzene rings is 3. The lowest BCUT2D eigenvalue weighted by Crippen LogP contribution is -2.40. The second-order valence-corrected chi connectivity index (χ2v) is 7.14. The first-order chi connectivity index (χ1) is 15.5. The van der Waals surface area contributed by atoms with Crippen LogP contribution in [0.1, 0.15) is 18.7 Å². The number of para-hydroxylation sites is 3. The highest BCUT2D eigenvalue weighted by atomic mass is 16.2. The van der Waals surface area contributed by atoms with Crippen LogP contribution in [0.2, 0.25) is 0 Å². The molecule has 4 aromatic rings. The number of hydrogen-bond acceptors (Lipinski definition) is 4. The van der Waals surface area contributed by atoms with Gasteiger partial charge in [-0.3, -0.25) is 9.59 Å². The van der Waals surface area contributed by atoms with E-state index in [1.165, 1.54) is 0 Å². The molecule has 4 rings (SSSR count). The van der Waals surface area contributed by atoms with E-state index in [4.69, 9.17) is 0 Å². The first kappa shape index (κ1) is 20.8. The van der Waals surface area contributed by atoms with E-state index < -0.39 is 17.5 Å². The molecular formula is C24H21N5O3.